The van der Waals surface area contributed by atoms with Crippen LogP contribution in [-0.2, 0) is 4.79 Å². The highest BCUT2D eigenvalue weighted by molar-refractivity contribution is 5.77. The molecule has 0 aliphatic carbocycles. The normalized spacial score (nSPS) is 11.5. The molecule has 0 aromatic carbocycles. The molecule has 0 saturated carbocycles. The van der Waals surface area contributed by atoms with Crippen LogP contribution in [0.4, 0.5) is 0 Å². The molecule has 0 amide bonds. The molecule has 0 bridgehead atoms. The second-order valence-electron chi connectivity index (χ2n) is 1.62. The third-order valence-corrected chi connectivity index (χ3v) is 0.644. The number of carbonyl (C=O) groups excluding carboxylic acids is 1. The van der Waals surface area contributed by atoms with Crippen molar-refractivity contribution in [3.05, 3.63) is 0 Å². The molecule has 0 N–H and O–H groups in total. The fourth-order valence-electron chi connectivity index (χ4n) is 0. The summed E-state index contributed by atoms with van der Waals surface area (Å²) in [5.74, 6) is 0.0532. The van der Waals surface area contributed by atoms with E-state index in [1.54, 1.807) is 13.8 Å². The Morgan fingerprint density at radius 3 is 2.33 bits per heavy atom. The van der Waals surface area contributed by atoms with Gasteiger partial charge in [0.25, 0.3) is 0 Å². The molecule has 1 nitrogen and oxygen atoms in total. The molecule has 0 aliphatic rings. The Morgan fingerprint density at radius 2 is 2.33 bits per heavy atom. The fourth-order valence-corrected chi connectivity index (χ4v) is 0. The van der Waals surface area contributed by atoms with E-state index in [0.29, 0.717) is 0 Å². The lowest BCUT2D eigenvalue weighted by molar-refractivity contribution is -0.119. The maximum absolute atomic E-state index is 10.3. The van der Waals surface area contributed by atoms with Crippen LogP contribution in [0, 0.1) is 5.92 Å². The van der Waals surface area contributed by atoms with Crippen LogP contribution in [0.25, 0.3) is 0 Å². The van der Waals surface area contributed by atoms with Gasteiger partial charge in [0.1, 0.15) is 5.78 Å². The number of carbonyl (C=O) groups is 1. The Labute approximate surface area is 39.8 Å². The standard InChI is InChI=1S/C5H10O/c1-4(2)5(3)6/h4H,1-3H3/i3T. The SMILES string of the molecule is [3H]CC(=O)C(C)C. The molecule has 0 aromatic rings. The molecular formula is C5H10O. The van der Waals surface area contributed by atoms with Gasteiger partial charge in [-0.2, -0.15) is 0 Å². The van der Waals surface area contributed by atoms with Gasteiger partial charge in [-0.15, -0.1) is 0 Å². The van der Waals surface area contributed by atoms with Crippen molar-refractivity contribution in [3.8, 4) is 0 Å². The summed E-state index contributed by atoms with van der Waals surface area (Å²) in [6.07, 6.45) is 0. The zero-order valence-electron chi connectivity index (χ0n) is 5.19. The lowest BCUT2D eigenvalue weighted by Gasteiger charge is -1.90. The Morgan fingerprint density at radius 1 is 1.83 bits per heavy atom. The highest BCUT2D eigenvalue weighted by Gasteiger charge is 1.94. The lowest BCUT2D eigenvalue weighted by atomic mass is 10.1. The Hall–Kier alpha value is -0.330. The van der Waals surface area contributed by atoms with Gasteiger partial charge in [0.15, 0.2) is 0 Å². The molecule has 0 rings (SSSR count). The summed E-state index contributed by atoms with van der Waals surface area (Å²) in [5, 5.41) is 0. The van der Waals surface area contributed by atoms with Crippen LogP contribution in [0.3, 0.4) is 0 Å². The average molecular weight is 88.1 g/mol. The van der Waals surface area contributed by atoms with Gasteiger partial charge >= 0.3 is 0 Å². The van der Waals surface area contributed by atoms with E-state index in [-0.39, 0.29) is 18.6 Å². The third kappa shape index (κ3) is 1.94. The molecule has 0 aromatic heterocycles. The number of hydrogen-bond donors (Lipinski definition) is 0. The van der Waals surface area contributed by atoms with Crippen molar-refractivity contribution in [1.29, 1.82) is 0 Å². The van der Waals surface area contributed by atoms with Gasteiger partial charge in [0.05, 0.1) is 0 Å². The largest absolute Gasteiger partial charge is 0.300 e. The first-order valence-electron chi connectivity index (χ1n) is 2.71. The van der Waals surface area contributed by atoms with E-state index in [1.165, 1.54) is 0 Å². The second-order valence-corrected chi connectivity index (χ2v) is 1.62. The predicted molar refractivity (Wildman–Crippen MR) is 25.5 cm³/mol. The highest BCUT2D eigenvalue weighted by atomic mass is 16.1. The van der Waals surface area contributed by atoms with E-state index >= 15 is 0 Å². The van der Waals surface area contributed by atoms with Crippen molar-refractivity contribution in [2.75, 3.05) is 0 Å². The summed E-state index contributed by atoms with van der Waals surface area (Å²) < 4.78 is 6.59. The Bertz CT molecular complexity index is 68.5. The van der Waals surface area contributed by atoms with E-state index < -0.39 is 0 Å². The number of hydrogen-bond acceptors (Lipinski definition) is 1. The minimum absolute atomic E-state index is 0.0139. The number of rotatable bonds is 1. The van der Waals surface area contributed by atoms with Crippen molar-refractivity contribution >= 4 is 5.78 Å². The molecule has 0 heterocycles. The van der Waals surface area contributed by atoms with E-state index in [4.69, 9.17) is 1.37 Å². The van der Waals surface area contributed by atoms with Crippen molar-refractivity contribution in [3.63, 3.8) is 0 Å². The lowest BCUT2D eigenvalue weighted by Crippen LogP contribution is -1.98. The zero-order valence-corrected chi connectivity index (χ0v) is 4.19. The molecule has 36 valence electrons. The zero-order chi connectivity index (χ0) is 5.86. The van der Waals surface area contributed by atoms with Crippen LogP contribution in [0.15, 0.2) is 0 Å². The van der Waals surface area contributed by atoms with Crippen LogP contribution in [0.2, 0.25) is 0 Å². The van der Waals surface area contributed by atoms with E-state index in [1.807, 2.05) is 0 Å². The molecule has 0 unspecified atom stereocenters. The number of ketones is 1. The average Bonchev–Trinajstić information content (AvgIpc) is 1.65. The maximum atomic E-state index is 10.3. The molecular weight excluding hydrogens is 76.1 g/mol. The molecule has 0 atom stereocenters. The van der Waals surface area contributed by atoms with Gasteiger partial charge in [0.2, 0.25) is 0 Å². The molecule has 0 radical (unpaired) electrons. The van der Waals surface area contributed by atoms with Crippen molar-refractivity contribution in [2.24, 2.45) is 5.92 Å². The predicted octanol–water partition coefficient (Wildman–Crippen LogP) is 1.23. The van der Waals surface area contributed by atoms with E-state index in [2.05, 4.69) is 0 Å². The van der Waals surface area contributed by atoms with E-state index in [0.717, 1.165) is 0 Å². The van der Waals surface area contributed by atoms with Crippen LogP contribution in [-0.4, -0.2) is 5.78 Å². The molecule has 0 aliphatic heterocycles. The molecule has 1 heteroatoms. The van der Waals surface area contributed by atoms with E-state index in [9.17, 15) is 4.79 Å². The molecule has 0 saturated heterocycles. The number of Topliss-reactive ketones (excluding diaryl/α,β-unsaturated/α-hetero) is 1. The highest BCUT2D eigenvalue weighted by Crippen LogP contribution is 1.89. The summed E-state index contributed by atoms with van der Waals surface area (Å²) in [5.41, 5.74) is 0. The van der Waals surface area contributed by atoms with Crippen molar-refractivity contribution < 1.29 is 6.17 Å². The third-order valence-electron chi connectivity index (χ3n) is 0.644. The first-order valence-corrected chi connectivity index (χ1v) is 2.00. The van der Waals surface area contributed by atoms with Gasteiger partial charge in [-0.1, -0.05) is 13.8 Å². The van der Waals surface area contributed by atoms with Crippen molar-refractivity contribution in [2.45, 2.75) is 20.7 Å². The maximum Gasteiger partial charge on any atom is 0.132 e. The second kappa shape index (κ2) is 1.96. The smallest absolute Gasteiger partial charge is 0.132 e. The summed E-state index contributed by atoms with van der Waals surface area (Å²) >= 11 is 0. The fraction of sp³-hybridized carbons (Fsp3) is 0.800. The summed E-state index contributed by atoms with van der Waals surface area (Å²) in [6.45, 7) is 3.53. The summed E-state index contributed by atoms with van der Waals surface area (Å²) in [4.78, 5) is 10.3. The van der Waals surface area contributed by atoms with Crippen LogP contribution < -0.4 is 0 Å². The van der Waals surface area contributed by atoms with Gasteiger partial charge in [0, 0.05) is 7.29 Å². The molecule has 0 fully saturated rings. The summed E-state index contributed by atoms with van der Waals surface area (Å²) in [6, 6.07) is 0. The first kappa shape index (κ1) is 3.85. The van der Waals surface area contributed by atoms with Crippen LogP contribution >= 0.6 is 0 Å². The van der Waals surface area contributed by atoms with Gasteiger partial charge < -0.3 is 0 Å². The minimum atomic E-state index is -0.0718. The summed E-state index contributed by atoms with van der Waals surface area (Å²) in [7, 11) is 0. The first-order chi connectivity index (χ1) is 3.18. The quantitative estimate of drug-likeness (QED) is 0.471. The van der Waals surface area contributed by atoms with Crippen LogP contribution in [0.1, 0.15) is 22.1 Å². The topological polar surface area (TPSA) is 17.1 Å². The van der Waals surface area contributed by atoms with Gasteiger partial charge in [-0.05, 0) is 6.90 Å². The molecule has 6 heavy (non-hydrogen) atoms. The Kier molecular flexibility index (Phi) is 1.25. The van der Waals surface area contributed by atoms with Crippen molar-refractivity contribution in [1.82, 2.24) is 0 Å². The Balaban J connectivity index is 3.35. The molecule has 0 spiro atoms. The van der Waals surface area contributed by atoms with Crippen LogP contribution in [0.5, 0.6) is 0 Å². The minimum Gasteiger partial charge on any atom is -0.300 e. The van der Waals surface area contributed by atoms with Gasteiger partial charge in [-0.3, -0.25) is 4.79 Å². The monoisotopic (exact) mass is 88.1 g/mol. The van der Waals surface area contributed by atoms with Gasteiger partial charge in [-0.25, -0.2) is 0 Å².